The Balaban J connectivity index is 1.30. The summed E-state index contributed by atoms with van der Waals surface area (Å²) in [6, 6.07) is 2.19. The number of hydrogen-bond acceptors (Lipinski definition) is 5. The number of nitrogens with zero attached hydrogens (tertiary/aromatic N) is 2. The van der Waals surface area contributed by atoms with Gasteiger partial charge in [0, 0.05) is 19.7 Å². The van der Waals surface area contributed by atoms with Gasteiger partial charge in [0.15, 0.2) is 0 Å². The highest BCUT2D eigenvalue weighted by molar-refractivity contribution is 7.12. The van der Waals surface area contributed by atoms with Gasteiger partial charge in [0.2, 0.25) is 11.8 Å². The molecule has 1 aliphatic carbocycles. The summed E-state index contributed by atoms with van der Waals surface area (Å²) in [5.74, 6) is 0.382. The summed E-state index contributed by atoms with van der Waals surface area (Å²) in [4.78, 5) is 42.6. The number of nitrogens with one attached hydrogen (secondary N) is 1. The van der Waals surface area contributed by atoms with Gasteiger partial charge in [0.25, 0.3) is 5.91 Å². The normalized spacial score (nSPS) is 32.6. The predicted octanol–water partition coefficient (Wildman–Crippen LogP) is 0.857. The summed E-state index contributed by atoms with van der Waals surface area (Å²) >= 11 is 1.37. The quantitative estimate of drug-likeness (QED) is 0.810. The molecule has 5 rings (SSSR count). The Labute approximate surface area is 161 Å². The average Bonchev–Trinajstić information content (AvgIpc) is 3.08. The molecule has 27 heavy (non-hydrogen) atoms. The highest BCUT2D eigenvalue weighted by Crippen LogP contribution is 2.36. The standard InChI is InChI=1S/C19H23N3O4S/c23-17(14-2-1-9-27-14)20-12-5-7-21-15(12)18(24)22-8-6-13(16(22)19(21)25)26-10-11-3-4-11/h1-2,9,11-13,15-16H,3-8,10H2,(H,20,23). The fraction of sp³-hybridized carbons (Fsp3) is 0.632. The van der Waals surface area contributed by atoms with E-state index < -0.39 is 12.1 Å². The fourth-order valence-electron chi connectivity index (χ4n) is 4.51. The summed E-state index contributed by atoms with van der Waals surface area (Å²) < 4.78 is 5.99. The Morgan fingerprint density at radius 3 is 2.59 bits per heavy atom. The zero-order valence-corrected chi connectivity index (χ0v) is 15.8. The molecule has 3 saturated heterocycles. The van der Waals surface area contributed by atoms with Gasteiger partial charge in [0.1, 0.15) is 12.1 Å². The first kappa shape index (κ1) is 17.2. The lowest BCUT2D eigenvalue weighted by Gasteiger charge is -2.41. The molecule has 1 aromatic heterocycles. The molecule has 0 aromatic carbocycles. The minimum Gasteiger partial charge on any atom is -0.375 e. The SMILES string of the molecule is O=C(NC1CCN2C(=O)C3C(OCC4CC4)CCN3C(=O)C12)c1cccs1. The second-order valence-electron chi connectivity index (χ2n) is 7.90. The predicted molar refractivity (Wildman–Crippen MR) is 98.3 cm³/mol. The Morgan fingerprint density at radius 1 is 1.11 bits per heavy atom. The molecule has 8 heteroatoms. The summed E-state index contributed by atoms with van der Waals surface area (Å²) in [6.07, 6.45) is 3.53. The van der Waals surface area contributed by atoms with Crippen LogP contribution in [0.15, 0.2) is 17.5 Å². The maximum atomic E-state index is 13.1. The van der Waals surface area contributed by atoms with Crippen molar-refractivity contribution in [3.05, 3.63) is 22.4 Å². The number of fused-ring (bicyclic) bond motifs is 2. The van der Waals surface area contributed by atoms with Crippen LogP contribution in [-0.4, -0.2) is 71.4 Å². The van der Waals surface area contributed by atoms with E-state index in [0.717, 1.165) is 0 Å². The molecule has 4 aliphatic rings. The highest BCUT2D eigenvalue weighted by atomic mass is 32.1. The lowest BCUT2D eigenvalue weighted by Crippen LogP contribution is -2.66. The van der Waals surface area contributed by atoms with Crippen molar-refractivity contribution in [1.29, 1.82) is 0 Å². The Hall–Kier alpha value is -1.93. The minimum atomic E-state index is -0.583. The van der Waals surface area contributed by atoms with E-state index in [9.17, 15) is 14.4 Å². The number of carbonyl (C=O) groups excluding carboxylic acids is 3. The second kappa shape index (κ2) is 6.60. The van der Waals surface area contributed by atoms with Crippen LogP contribution >= 0.6 is 11.3 Å². The van der Waals surface area contributed by atoms with Crippen LogP contribution in [0.5, 0.6) is 0 Å². The number of hydrogen-bond donors (Lipinski definition) is 1. The van der Waals surface area contributed by atoms with Crippen LogP contribution in [0.1, 0.15) is 35.4 Å². The molecule has 4 heterocycles. The van der Waals surface area contributed by atoms with Crippen molar-refractivity contribution in [3.63, 3.8) is 0 Å². The van der Waals surface area contributed by atoms with Crippen molar-refractivity contribution in [2.24, 2.45) is 5.92 Å². The highest BCUT2D eigenvalue weighted by Gasteiger charge is 2.56. The van der Waals surface area contributed by atoms with E-state index in [-0.39, 0.29) is 29.9 Å². The van der Waals surface area contributed by atoms with Gasteiger partial charge in [-0.3, -0.25) is 14.4 Å². The van der Waals surface area contributed by atoms with Gasteiger partial charge in [0.05, 0.1) is 17.0 Å². The number of ether oxygens (including phenoxy) is 1. The monoisotopic (exact) mass is 389 g/mol. The van der Waals surface area contributed by atoms with Gasteiger partial charge in [-0.15, -0.1) is 11.3 Å². The molecule has 0 spiro atoms. The van der Waals surface area contributed by atoms with E-state index in [2.05, 4.69) is 5.32 Å². The molecular formula is C19H23N3O4S. The van der Waals surface area contributed by atoms with Crippen molar-refractivity contribution in [3.8, 4) is 0 Å². The topological polar surface area (TPSA) is 79.0 Å². The molecule has 4 unspecified atom stereocenters. The Bertz CT molecular complexity index is 763. The van der Waals surface area contributed by atoms with Crippen LogP contribution < -0.4 is 5.32 Å². The first-order chi connectivity index (χ1) is 13.1. The third-order valence-electron chi connectivity index (χ3n) is 6.12. The van der Waals surface area contributed by atoms with E-state index in [1.54, 1.807) is 15.9 Å². The molecular weight excluding hydrogens is 366 g/mol. The van der Waals surface area contributed by atoms with Crippen LogP contribution in [0.2, 0.25) is 0 Å². The summed E-state index contributed by atoms with van der Waals surface area (Å²) in [5.41, 5.74) is 0. The van der Waals surface area contributed by atoms with Crippen LogP contribution in [0, 0.1) is 5.92 Å². The van der Waals surface area contributed by atoms with E-state index in [1.165, 1.54) is 24.2 Å². The van der Waals surface area contributed by atoms with Crippen LogP contribution in [0.3, 0.4) is 0 Å². The molecule has 3 amide bonds. The fourth-order valence-corrected chi connectivity index (χ4v) is 5.13. The smallest absolute Gasteiger partial charge is 0.261 e. The lowest BCUT2D eigenvalue weighted by molar-refractivity contribution is -0.161. The van der Waals surface area contributed by atoms with E-state index in [1.807, 2.05) is 11.4 Å². The van der Waals surface area contributed by atoms with E-state index in [4.69, 9.17) is 4.74 Å². The summed E-state index contributed by atoms with van der Waals surface area (Å²) in [6.45, 7) is 1.75. The van der Waals surface area contributed by atoms with Crippen molar-refractivity contribution >= 4 is 29.1 Å². The van der Waals surface area contributed by atoms with Crippen molar-refractivity contribution in [2.45, 2.75) is 49.9 Å². The number of carbonyl (C=O) groups is 3. The molecule has 1 saturated carbocycles. The first-order valence-electron chi connectivity index (χ1n) is 9.70. The second-order valence-corrected chi connectivity index (χ2v) is 8.85. The Morgan fingerprint density at radius 2 is 1.85 bits per heavy atom. The molecule has 4 fully saturated rings. The summed E-state index contributed by atoms with van der Waals surface area (Å²) in [5, 5.41) is 4.82. The van der Waals surface area contributed by atoms with Gasteiger partial charge in [-0.1, -0.05) is 6.07 Å². The van der Waals surface area contributed by atoms with Gasteiger partial charge < -0.3 is 19.9 Å². The zero-order chi connectivity index (χ0) is 18.5. The van der Waals surface area contributed by atoms with Crippen LogP contribution in [0.25, 0.3) is 0 Å². The minimum absolute atomic E-state index is 0.0224. The first-order valence-corrected chi connectivity index (χ1v) is 10.6. The molecule has 1 N–H and O–H groups in total. The number of thiophene rings is 1. The third kappa shape index (κ3) is 2.95. The van der Waals surface area contributed by atoms with Crippen LogP contribution in [0.4, 0.5) is 0 Å². The number of piperazine rings is 1. The van der Waals surface area contributed by atoms with Gasteiger partial charge in [-0.2, -0.15) is 0 Å². The van der Waals surface area contributed by atoms with Gasteiger partial charge >= 0.3 is 0 Å². The van der Waals surface area contributed by atoms with Crippen LogP contribution in [-0.2, 0) is 14.3 Å². The number of rotatable bonds is 5. The van der Waals surface area contributed by atoms with E-state index in [0.29, 0.717) is 43.3 Å². The lowest BCUT2D eigenvalue weighted by atomic mass is 10.0. The maximum Gasteiger partial charge on any atom is 0.261 e. The average molecular weight is 389 g/mol. The third-order valence-corrected chi connectivity index (χ3v) is 6.99. The zero-order valence-electron chi connectivity index (χ0n) is 15.0. The molecule has 4 atom stereocenters. The summed E-state index contributed by atoms with van der Waals surface area (Å²) in [7, 11) is 0. The molecule has 1 aromatic rings. The largest absolute Gasteiger partial charge is 0.375 e. The van der Waals surface area contributed by atoms with Crippen molar-refractivity contribution < 1.29 is 19.1 Å². The van der Waals surface area contributed by atoms with Crippen molar-refractivity contribution in [2.75, 3.05) is 19.7 Å². The molecule has 0 radical (unpaired) electrons. The molecule has 0 bridgehead atoms. The Kier molecular flexibility index (Phi) is 4.20. The van der Waals surface area contributed by atoms with E-state index >= 15 is 0 Å². The van der Waals surface area contributed by atoms with Crippen molar-refractivity contribution in [1.82, 2.24) is 15.1 Å². The maximum absolute atomic E-state index is 13.1. The molecule has 7 nitrogen and oxygen atoms in total. The van der Waals surface area contributed by atoms with Gasteiger partial charge in [-0.05, 0) is 43.0 Å². The number of amides is 3. The molecule has 3 aliphatic heterocycles. The van der Waals surface area contributed by atoms with Gasteiger partial charge in [-0.25, -0.2) is 0 Å². The molecule has 144 valence electrons.